The maximum absolute atomic E-state index is 12.8. The zero-order valence-electron chi connectivity index (χ0n) is 18.1. The third-order valence-electron chi connectivity index (χ3n) is 4.94. The highest BCUT2D eigenvalue weighted by Gasteiger charge is 2.18. The Labute approximate surface area is 182 Å². The number of nitrogens with zero attached hydrogens (tertiary/aromatic N) is 4. The van der Waals surface area contributed by atoms with Gasteiger partial charge in [-0.05, 0) is 82.1 Å². The molecular weight excluding hydrogens is 392 g/mol. The highest BCUT2D eigenvalue weighted by molar-refractivity contribution is 5.97. The number of benzene rings is 2. The van der Waals surface area contributed by atoms with Crippen molar-refractivity contribution in [2.24, 2.45) is 0 Å². The number of nitrogen functional groups attached to an aromatic ring is 1. The van der Waals surface area contributed by atoms with Crippen LogP contribution in [0.15, 0.2) is 48.5 Å². The smallest absolute Gasteiger partial charge is 0.281 e. The average molecular weight is 421 g/mol. The second-order valence-electron chi connectivity index (χ2n) is 8.62. The molecule has 8 heteroatoms. The fraction of sp³-hybridized carbons (Fsp3) is 0.348. The fourth-order valence-electron chi connectivity index (χ4n) is 3.53. The number of nitrogens with two attached hydrogens (primary N) is 1. The summed E-state index contributed by atoms with van der Waals surface area (Å²) in [6, 6.07) is 15.0. The molecule has 1 aliphatic heterocycles. The van der Waals surface area contributed by atoms with E-state index in [0.29, 0.717) is 11.3 Å². The summed E-state index contributed by atoms with van der Waals surface area (Å²) in [6.45, 7) is 8.10. The molecule has 3 aromatic rings. The van der Waals surface area contributed by atoms with Crippen molar-refractivity contribution in [3.8, 4) is 5.75 Å². The number of nitrogens with one attached hydrogen (secondary N) is 1. The minimum absolute atomic E-state index is 0.0243. The summed E-state index contributed by atoms with van der Waals surface area (Å²) in [5.41, 5.74) is 8.12. The molecule has 3 N–H and O–H groups in total. The van der Waals surface area contributed by atoms with E-state index in [4.69, 9.17) is 10.5 Å². The third-order valence-corrected chi connectivity index (χ3v) is 4.94. The van der Waals surface area contributed by atoms with Crippen molar-refractivity contribution >= 4 is 29.2 Å². The Morgan fingerprint density at radius 2 is 1.68 bits per heavy atom. The van der Waals surface area contributed by atoms with E-state index in [1.807, 2.05) is 32.9 Å². The van der Waals surface area contributed by atoms with Gasteiger partial charge in [0.05, 0.1) is 0 Å². The minimum atomic E-state index is -0.357. The zero-order valence-corrected chi connectivity index (χ0v) is 18.1. The predicted molar refractivity (Wildman–Crippen MR) is 122 cm³/mol. The Hall–Kier alpha value is -3.55. The van der Waals surface area contributed by atoms with Gasteiger partial charge in [-0.15, -0.1) is 5.10 Å². The number of carbonyl (C=O) groups excluding carboxylic acids is 1. The van der Waals surface area contributed by atoms with E-state index >= 15 is 0 Å². The van der Waals surface area contributed by atoms with Gasteiger partial charge >= 0.3 is 0 Å². The number of anilines is 4. The minimum Gasteiger partial charge on any atom is -0.488 e. The molecule has 162 valence electrons. The van der Waals surface area contributed by atoms with Gasteiger partial charge in [0, 0.05) is 30.0 Å². The van der Waals surface area contributed by atoms with Crippen LogP contribution in [0.4, 0.5) is 23.3 Å². The first kappa shape index (κ1) is 20.7. The van der Waals surface area contributed by atoms with Crippen LogP contribution in [0, 0.1) is 0 Å². The topological polar surface area (TPSA) is 98.3 Å². The predicted octanol–water partition coefficient (Wildman–Crippen LogP) is 4.07. The van der Waals surface area contributed by atoms with Crippen LogP contribution in [-0.2, 0) is 0 Å². The van der Waals surface area contributed by atoms with E-state index in [1.54, 1.807) is 24.3 Å². The van der Waals surface area contributed by atoms with Crippen molar-refractivity contribution in [1.29, 1.82) is 0 Å². The summed E-state index contributed by atoms with van der Waals surface area (Å²) in [4.78, 5) is 19.4. The standard InChI is InChI=1S/C23H28N6O2/c1-23(2,3)31-19-12-6-16(7-13-19)20(30)29-21(24)26-22(27-29)25-17-8-10-18(11-9-17)28-14-4-5-15-28/h6-13H,4-5,14-15H2,1-3H3,(H3,24,25,26,27). The number of carbonyl (C=O) groups is 1. The summed E-state index contributed by atoms with van der Waals surface area (Å²) in [6.07, 6.45) is 2.47. The molecule has 1 aliphatic rings. The van der Waals surface area contributed by atoms with Gasteiger partial charge in [-0.2, -0.15) is 9.67 Å². The van der Waals surface area contributed by atoms with E-state index in [0.717, 1.165) is 23.5 Å². The molecule has 0 saturated carbocycles. The highest BCUT2D eigenvalue weighted by atomic mass is 16.5. The van der Waals surface area contributed by atoms with Crippen molar-refractivity contribution in [3.63, 3.8) is 0 Å². The highest BCUT2D eigenvalue weighted by Crippen LogP contribution is 2.24. The average Bonchev–Trinajstić information content (AvgIpc) is 3.37. The first-order valence-electron chi connectivity index (χ1n) is 10.5. The molecule has 0 amide bonds. The zero-order chi connectivity index (χ0) is 22.0. The number of ether oxygens (including phenoxy) is 1. The molecule has 1 saturated heterocycles. The van der Waals surface area contributed by atoms with Crippen LogP contribution < -0.4 is 20.7 Å². The van der Waals surface area contributed by atoms with Gasteiger partial charge in [0.15, 0.2) is 0 Å². The summed E-state index contributed by atoms with van der Waals surface area (Å²) in [5.74, 6) is 0.628. The number of hydrogen-bond acceptors (Lipinski definition) is 7. The van der Waals surface area contributed by atoms with Gasteiger partial charge in [0.1, 0.15) is 11.4 Å². The fourth-order valence-corrected chi connectivity index (χ4v) is 3.53. The summed E-state index contributed by atoms with van der Waals surface area (Å²) in [7, 11) is 0. The van der Waals surface area contributed by atoms with E-state index in [2.05, 4.69) is 32.4 Å². The van der Waals surface area contributed by atoms with Crippen LogP contribution >= 0.6 is 0 Å². The van der Waals surface area contributed by atoms with Gasteiger partial charge in [-0.3, -0.25) is 4.79 Å². The molecule has 31 heavy (non-hydrogen) atoms. The van der Waals surface area contributed by atoms with E-state index in [-0.39, 0.29) is 23.4 Å². The van der Waals surface area contributed by atoms with Crippen molar-refractivity contribution in [2.45, 2.75) is 39.2 Å². The molecule has 0 unspecified atom stereocenters. The molecule has 8 nitrogen and oxygen atoms in total. The first-order valence-corrected chi connectivity index (χ1v) is 10.5. The Morgan fingerprint density at radius 1 is 1.03 bits per heavy atom. The van der Waals surface area contributed by atoms with Crippen LogP contribution in [0.1, 0.15) is 44.0 Å². The van der Waals surface area contributed by atoms with Gasteiger partial charge in [-0.1, -0.05) is 0 Å². The van der Waals surface area contributed by atoms with E-state index < -0.39 is 0 Å². The van der Waals surface area contributed by atoms with Crippen molar-refractivity contribution in [3.05, 3.63) is 54.1 Å². The van der Waals surface area contributed by atoms with Crippen LogP contribution in [0.25, 0.3) is 0 Å². The van der Waals surface area contributed by atoms with Crippen LogP contribution in [-0.4, -0.2) is 39.4 Å². The van der Waals surface area contributed by atoms with Crippen molar-refractivity contribution in [1.82, 2.24) is 14.8 Å². The summed E-state index contributed by atoms with van der Waals surface area (Å²) in [5, 5.41) is 7.35. The summed E-state index contributed by atoms with van der Waals surface area (Å²) < 4.78 is 6.89. The molecule has 1 fully saturated rings. The molecular formula is C23H28N6O2. The lowest BCUT2D eigenvalue weighted by molar-refractivity contribution is 0.0948. The molecule has 2 heterocycles. The van der Waals surface area contributed by atoms with Gasteiger partial charge < -0.3 is 20.7 Å². The normalized spacial score (nSPS) is 14.0. The van der Waals surface area contributed by atoms with Crippen LogP contribution in [0.3, 0.4) is 0 Å². The molecule has 4 rings (SSSR count). The molecule has 1 aromatic heterocycles. The lowest BCUT2D eigenvalue weighted by atomic mass is 10.1. The van der Waals surface area contributed by atoms with Gasteiger partial charge in [0.25, 0.3) is 5.91 Å². The molecule has 0 spiro atoms. The van der Waals surface area contributed by atoms with Crippen molar-refractivity contribution in [2.75, 3.05) is 29.0 Å². The lowest BCUT2D eigenvalue weighted by Crippen LogP contribution is -2.23. The Morgan fingerprint density at radius 3 is 2.29 bits per heavy atom. The number of rotatable bonds is 5. The quantitative estimate of drug-likeness (QED) is 0.642. The van der Waals surface area contributed by atoms with E-state index in [9.17, 15) is 4.79 Å². The maximum Gasteiger partial charge on any atom is 0.281 e. The monoisotopic (exact) mass is 420 g/mol. The number of aromatic nitrogens is 3. The molecule has 0 atom stereocenters. The van der Waals surface area contributed by atoms with Crippen LogP contribution in [0.5, 0.6) is 5.75 Å². The Bertz CT molecular complexity index is 1050. The van der Waals surface area contributed by atoms with Gasteiger partial charge in [0.2, 0.25) is 11.9 Å². The summed E-state index contributed by atoms with van der Waals surface area (Å²) >= 11 is 0. The van der Waals surface area contributed by atoms with Crippen molar-refractivity contribution < 1.29 is 9.53 Å². The maximum atomic E-state index is 12.8. The Kier molecular flexibility index (Phi) is 5.54. The number of hydrogen-bond donors (Lipinski definition) is 2. The van der Waals surface area contributed by atoms with Crippen LogP contribution in [0.2, 0.25) is 0 Å². The first-order chi connectivity index (χ1) is 14.8. The Balaban J connectivity index is 1.45. The van der Waals surface area contributed by atoms with Gasteiger partial charge in [-0.25, -0.2) is 0 Å². The second-order valence-corrected chi connectivity index (χ2v) is 8.62. The molecule has 0 aliphatic carbocycles. The molecule has 0 bridgehead atoms. The van der Waals surface area contributed by atoms with E-state index in [1.165, 1.54) is 18.5 Å². The third kappa shape index (κ3) is 4.96. The SMILES string of the molecule is CC(C)(C)Oc1ccc(C(=O)n2nc(Nc3ccc(N4CCCC4)cc3)nc2N)cc1. The largest absolute Gasteiger partial charge is 0.488 e. The lowest BCUT2D eigenvalue weighted by Gasteiger charge is -2.21. The molecule has 0 radical (unpaired) electrons. The second kappa shape index (κ2) is 8.29. The molecule has 2 aromatic carbocycles.